The lowest BCUT2D eigenvalue weighted by Gasteiger charge is -2.09. The van der Waals surface area contributed by atoms with Crippen LogP contribution in [-0.4, -0.2) is 19.7 Å². The number of nitrogens with zero attached hydrogens (tertiary/aromatic N) is 4. The molecule has 0 aliphatic carbocycles. The van der Waals surface area contributed by atoms with Gasteiger partial charge >= 0.3 is 0 Å². The van der Waals surface area contributed by atoms with Gasteiger partial charge in [-0.15, -0.1) is 0 Å². The lowest BCUT2D eigenvalue weighted by atomic mass is 10.3. The molecule has 0 saturated carbocycles. The Kier molecular flexibility index (Phi) is 2.07. The van der Waals surface area contributed by atoms with Crippen LogP contribution in [0.4, 0.5) is 5.82 Å². The lowest BCUT2D eigenvalue weighted by molar-refractivity contribution is 0.489. The summed E-state index contributed by atoms with van der Waals surface area (Å²) in [6.45, 7) is 4.22. The van der Waals surface area contributed by atoms with E-state index in [1.165, 1.54) is 6.33 Å². The third-order valence-corrected chi connectivity index (χ3v) is 2.43. The molecule has 1 unspecified atom stereocenters. The maximum absolute atomic E-state index is 5.71. The first-order valence-electron chi connectivity index (χ1n) is 4.67. The second-order valence-corrected chi connectivity index (χ2v) is 3.34. The number of rotatable bonds is 2. The van der Waals surface area contributed by atoms with Crippen molar-refractivity contribution in [3.8, 4) is 0 Å². The summed E-state index contributed by atoms with van der Waals surface area (Å²) < 4.78 is 1.88. The minimum Gasteiger partial charge on any atom is -0.383 e. The first-order chi connectivity index (χ1) is 6.74. The molecule has 74 valence electrons. The van der Waals surface area contributed by atoms with Gasteiger partial charge in [-0.1, -0.05) is 6.92 Å². The third kappa shape index (κ3) is 1.21. The zero-order valence-corrected chi connectivity index (χ0v) is 8.31. The quantitative estimate of drug-likeness (QED) is 0.778. The van der Waals surface area contributed by atoms with Crippen LogP contribution in [0.25, 0.3) is 11.0 Å². The van der Waals surface area contributed by atoms with Crippen LogP contribution < -0.4 is 5.73 Å². The highest BCUT2D eigenvalue weighted by Crippen LogP contribution is 2.19. The lowest BCUT2D eigenvalue weighted by Crippen LogP contribution is -2.06. The molecule has 0 radical (unpaired) electrons. The van der Waals surface area contributed by atoms with E-state index in [2.05, 4.69) is 28.9 Å². The average Bonchev–Trinajstić information content (AvgIpc) is 2.62. The van der Waals surface area contributed by atoms with Crippen molar-refractivity contribution < 1.29 is 0 Å². The van der Waals surface area contributed by atoms with E-state index in [-0.39, 0.29) is 0 Å². The van der Waals surface area contributed by atoms with E-state index in [1.807, 2.05) is 4.68 Å². The Hall–Kier alpha value is -1.65. The number of nitrogens with two attached hydrogens (primary N) is 1. The Labute approximate surface area is 82.0 Å². The monoisotopic (exact) mass is 191 g/mol. The Bertz CT molecular complexity index is 447. The normalized spacial score (nSPS) is 13.3. The molecule has 0 aliphatic rings. The van der Waals surface area contributed by atoms with Crippen LogP contribution in [0, 0.1) is 0 Å². The molecular formula is C9H13N5. The molecule has 0 amide bonds. The second-order valence-electron chi connectivity index (χ2n) is 3.34. The number of anilines is 1. The number of nitrogen functional groups attached to an aromatic ring is 1. The SMILES string of the molecule is CCC(C)n1ncc2c(N)ncnc21. The van der Waals surface area contributed by atoms with Gasteiger partial charge in [-0.05, 0) is 13.3 Å². The fourth-order valence-corrected chi connectivity index (χ4v) is 1.38. The second kappa shape index (κ2) is 3.25. The van der Waals surface area contributed by atoms with Gasteiger partial charge in [-0.2, -0.15) is 5.10 Å². The van der Waals surface area contributed by atoms with Crippen LogP contribution in [-0.2, 0) is 0 Å². The van der Waals surface area contributed by atoms with Crippen LogP contribution in [0.15, 0.2) is 12.5 Å². The van der Waals surface area contributed by atoms with E-state index < -0.39 is 0 Å². The zero-order chi connectivity index (χ0) is 10.1. The largest absolute Gasteiger partial charge is 0.383 e. The van der Waals surface area contributed by atoms with Crippen molar-refractivity contribution in [2.45, 2.75) is 26.3 Å². The predicted octanol–water partition coefficient (Wildman–Crippen LogP) is 1.38. The molecule has 1 atom stereocenters. The van der Waals surface area contributed by atoms with E-state index in [0.29, 0.717) is 11.9 Å². The highest BCUT2D eigenvalue weighted by atomic mass is 15.3. The summed E-state index contributed by atoms with van der Waals surface area (Å²) in [6.07, 6.45) is 4.20. The summed E-state index contributed by atoms with van der Waals surface area (Å²) in [5.74, 6) is 0.490. The van der Waals surface area contributed by atoms with Crippen molar-refractivity contribution in [3.05, 3.63) is 12.5 Å². The van der Waals surface area contributed by atoms with E-state index >= 15 is 0 Å². The average molecular weight is 191 g/mol. The van der Waals surface area contributed by atoms with E-state index in [9.17, 15) is 0 Å². The third-order valence-electron chi connectivity index (χ3n) is 2.43. The van der Waals surface area contributed by atoms with E-state index in [1.54, 1.807) is 6.20 Å². The Morgan fingerprint density at radius 2 is 2.29 bits per heavy atom. The molecule has 0 bridgehead atoms. The predicted molar refractivity (Wildman–Crippen MR) is 54.7 cm³/mol. The number of aromatic nitrogens is 4. The van der Waals surface area contributed by atoms with Gasteiger partial charge in [0.05, 0.1) is 17.6 Å². The van der Waals surface area contributed by atoms with Gasteiger partial charge in [0, 0.05) is 0 Å². The van der Waals surface area contributed by atoms with Crippen molar-refractivity contribution in [1.82, 2.24) is 19.7 Å². The number of hydrogen-bond donors (Lipinski definition) is 1. The first-order valence-corrected chi connectivity index (χ1v) is 4.67. The van der Waals surface area contributed by atoms with Crippen molar-refractivity contribution in [2.75, 3.05) is 5.73 Å². The Morgan fingerprint density at radius 3 is 3.00 bits per heavy atom. The van der Waals surface area contributed by atoms with E-state index in [4.69, 9.17) is 5.73 Å². The molecule has 2 heterocycles. The Balaban J connectivity index is 2.63. The topological polar surface area (TPSA) is 69.6 Å². The van der Waals surface area contributed by atoms with Crippen LogP contribution in [0.3, 0.4) is 0 Å². The molecule has 2 aromatic heterocycles. The molecule has 0 saturated heterocycles. The highest BCUT2D eigenvalue weighted by Gasteiger charge is 2.10. The van der Waals surface area contributed by atoms with Gasteiger partial charge in [0.1, 0.15) is 12.1 Å². The zero-order valence-electron chi connectivity index (χ0n) is 8.31. The molecule has 0 aromatic carbocycles. The number of fused-ring (bicyclic) bond motifs is 1. The van der Waals surface area contributed by atoms with Crippen molar-refractivity contribution in [3.63, 3.8) is 0 Å². The molecule has 0 aliphatic heterocycles. The van der Waals surface area contributed by atoms with Crippen LogP contribution in [0.2, 0.25) is 0 Å². The van der Waals surface area contributed by atoms with Gasteiger partial charge < -0.3 is 5.73 Å². The van der Waals surface area contributed by atoms with E-state index in [0.717, 1.165) is 17.5 Å². The fourth-order valence-electron chi connectivity index (χ4n) is 1.38. The van der Waals surface area contributed by atoms with Crippen LogP contribution >= 0.6 is 0 Å². The molecule has 5 heteroatoms. The van der Waals surface area contributed by atoms with Gasteiger partial charge in [0.2, 0.25) is 0 Å². The standard InChI is InChI=1S/C9H13N5/c1-3-6(2)14-9-7(4-13-14)8(10)11-5-12-9/h4-6H,3H2,1-2H3,(H2,10,11,12). The molecule has 0 fully saturated rings. The minimum atomic E-state index is 0.335. The maximum atomic E-state index is 5.71. The molecule has 14 heavy (non-hydrogen) atoms. The van der Waals surface area contributed by atoms with Gasteiger partial charge in [0.15, 0.2) is 5.65 Å². The molecular weight excluding hydrogens is 178 g/mol. The summed E-state index contributed by atoms with van der Waals surface area (Å²) >= 11 is 0. The first kappa shape index (κ1) is 8.93. The Morgan fingerprint density at radius 1 is 1.50 bits per heavy atom. The van der Waals surface area contributed by atoms with Crippen molar-refractivity contribution in [1.29, 1.82) is 0 Å². The molecule has 2 N–H and O–H groups in total. The van der Waals surface area contributed by atoms with Crippen molar-refractivity contribution in [2.24, 2.45) is 0 Å². The molecule has 0 spiro atoms. The fraction of sp³-hybridized carbons (Fsp3) is 0.444. The smallest absolute Gasteiger partial charge is 0.163 e. The minimum absolute atomic E-state index is 0.335. The summed E-state index contributed by atoms with van der Waals surface area (Å²) in [4.78, 5) is 8.10. The summed E-state index contributed by atoms with van der Waals surface area (Å²) in [7, 11) is 0. The van der Waals surface area contributed by atoms with Crippen molar-refractivity contribution >= 4 is 16.9 Å². The van der Waals surface area contributed by atoms with Crippen LogP contribution in [0.5, 0.6) is 0 Å². The summed E-state index contributed by atoms with van der Waals surface area (Å²) in [5, 5.41) is 5.09. The summed E-state index contributed by atoms with van der Waals surface area (Å²) in [5.41, 5.74) is 6.52. The molecule has 2 rings (SSSR count). The van der Waals surface area contributed by atoms with Gasteiger partial charge in [-0.3, -0.25) is 0 Å². The summed E-state index contributed by atoms with van der Waals surface area (Å²) in [6, 6.07) is 0.335. The number of hydrogen-bond acceptors (Lipinski definition) is 4. The highest BCUT2D eigenvalue weighted by molar-refractivity contribution is 5.84. The van der Waals surface area contributed by atoms with Crippen LogP contribution in [0.1, 0.15) is 26.3 Å². The van der Waals surface area contributed by atoms with Gasteiger partial charge in [0.25, 0.3) is 0 Å². The molecule has 5 nitrogen and oxygen atoms in total. The maximum Gasteiger partial charge on any atom is 0.163 e. The van der Waals surface area contributed by atoms with Gasteiger partial charge in [-0.25, -0.2) is 14.6 Å². The molecule has 2 aromatic rings.